The van der Waals surface area contributed by atoms with Crippen molar-refractivity contribution in [3.63, 3.8) is 0 Å². The van der Waals surface area contributed by atoms with E-state index in [0.29, 0.717) is 19.5 Å². The number of fused-ring (bicyclic) bond motifs is 1. The molecule has 7 heteroatoms. The average molecular weight is 450 g/mol. The molecule has 4 rings (SSSR count). The highest BCUT2D eigenvalue weighted by Gasteiger charge is 2.37. The lowest BCUT2D eigenvalue weighted by Gasteiger charge is -2.26. The lowest BCUT2D eigenvalue weighted by atomic mass is 10.1. The van der Waals surface area contributed by atoms with Crippen molar-refractivity contribution in [1.82, 2.24) is 9.80 Å². The van der Waals surface area contributed by atoms with Crippen molar-refractivity contribution in [2.45, 2.75) is 19.0 Å². The number of ether oxygens (including phenoxy) is 1. The predicted molar refractivity (Wildman–Crippen MR) is 127 cm³/mol. The molecule has 1 heterocycles. The van der Waals surface area contributed by atoms with Gasteiger partial charge in [-0.25, -0.2) is 4.39 Å². The minimum atomic E-state index is -0.447. The number of methoxy groups -OCH3 is 1. The van der Waals surface area contributed by atoms with E-state index in [-0.39, 0.29) is 24.0 Å². The standard InChI is InChI=1S/C26H28FN3O3/c1-28(24-12-13-30(26(24)32)23-7-5-4-6-22(23)27)17-25(31)29(2)16-18-8-9-20-15-21(33-3)11-10-19(20)14-18/h4-11,14-15,24H,12-13,16-17H2,1-3H3. The van der Waals surface area contributed by atoms with Gasteiger partial charge in [-0.05, 0) is 60.1 Å². The van der Waals surface area contributed by atoms with Crippen molar-refractivity contribution >= 4 is 28.3 Å². The highest BCUT2D eigenvalue weighted by Crippen LogP contribution is 2.26. The molecule has 1 atom stereocenters. The van der Waals surface area contributed by atoms with Gasteiger partial charge in [0, 0.05) is 20.1 Å². The molecule has 0 radical (unpaired) electrons. The van der Waals surface area contributed by atoms with Gasteiger partial charge in [0.1, 0.15) is 11.6 Å². The molecular weight excluding hydrogens is 421 g/mol. The zero-order valence-electron chi connectivity index (χ0n) is 19.1. The van der Waals surface area contributed by atoms with Gasteiger partial charge in [-0.2, -0.15) is 0 Å². The van der Waals surface area contributed by atoms with Crippen LogP contribution in [-0.2, 0) is 16.1 Å². The molecular formula is C26H28FN3O3. The SMILES string of the molecule is COc1ccc2cc(CN(C)C(=O)CN(C)C3CCN(c4ccccc4F)C3=O)ccc2c1. The Balaban J connectivity index is 1.37. The van der Waals surface area contributed by atoms with Gasteiger partial charge in [-0.1, -0.05) is 30.3 Å². The van der Waals surface area contributed by atoms with Crippen LogP contribution in [-0.4, -0.2) is 62.0 Å². The van der Waals surface area contributed by atoms with E-state index in [9.17, 15) is 14.0 Å². The van der Waals surface area contributed by atoms with Crippen LogP contribution in [0.25, 0.3) is 10.8 Å². The van der Waals surface area contributed by atoms with E-state index in [2.05, 4.69) is 6.07 Å². The Morgan fingerprint density at radius 2 is 1.82 bits per heavy atom. The zero-order chi connectivity index (χ0) is 23.5. The number of carbonyl (C=O) groups is 2. The van der Waals surface area contributed by atoms with Crippen LogP contribution in [0.1, 0.15) is 12.0 Å². The first-order valence-corrected chi connectivity index (χ1v) is 10.9. The van der Waals surface area contributed by atoms with E-state index < -0.39 is 11.9 Å². The van der Waals surface area contributed by atoms with Crippen LogP contribution in [0.15, 0.2) is 60.7 Å². The monoisotopic (exact) mass is 449 g/mol. The Morgan fingerprint density at radius 1 is 1.09 bits per heavy atom. The van der Waals surface area contributed by atoms with Crippen LogP contribution < -0.4 is 9.64 Å². The van der Waals surface area contributed by atoms with Crippen molar-refractivity contribution in [2.24, 2.45) is 0 Å². The average Bonchev–Trinajstić information content (AvgIpc) is 3.20. The summed E-state index contributed by atoms with van der Waals surface area (Å²) in [7, 11) is 5.17. The topological polar surface area (TPSA) is 53.1 Å². The summed E-state index contributed by atoms with van der Waals surface area (Å²) in [6.07, 6.45) is 0.550. The van der Waals surface area contributed by atoms with Crippen molar-refractivity contribution in [1.29, 1.82) is 0 Å². The Kier molecular flexibility index (Phi) is 6.60. The third-order valence-corrected chi connectivity index (χ3v) is 6.19. The number of rotatable bonds is 7. The Bertz CT molecular complexity index is 1180. The minimum Gasteiger partial charge on any atom is -0.497 e. The minimum absolute atomic E-state index is 0.0792. The first-order valence-electron chi connectivity index (χ1n) is 10.9. The lowest BCUT2D eigenvalue weighted by Crippen LogP contribution is -2.45. The lowest BCUT2D eigenvalue weighted by molar-refractivity contribution is -0.132. The number of nitrogens with zero attached hydrogens (tertiary/aromatic N) is 3. The second kappa shape index (κ2) is 9.58. The first kappa shape index (κ1) is 22.7. The molecule has 1 unspecified atom stereocenters. The van der Waals surface area contributed by atoms with Gasteiger partial charge < -0.3 is 14.5 Å². The number of carbonyl (C=O) groups excluding carboxylic acids is 2. The summed E-state index contributed by atoms with van der Waals surface area (Å²) in [5.74, 6) is 0.131. The van der Waals surface area contributed by atoms with Gasteiger partial charge in [-0.3, -0.25) is 14.5 Å². The highest BCUT2D eigenvalue weighted by atomic mass is 19.1. The van der Waals surface area contributed by atoms with Crippen LogP contribution in [0, 0.1) is 5.82 Å². The molecule has 172 valence electrons. The Morgan fingerprint density at radius 3 is 2.58 bits per heavy atom. The first-order chi connectivity index (χ1) is 15.9. The molecule has 0 spiro atoms. The number of hydrogen-bond acceptors (Lipinski definition) is 4. The van der Waals surface area contributed by atoms with Crippen molar-refractivity contribution < 1.29 is 18.7 Å². The van der Waals surface area contributed by atoms with E-state index in [4.69, 9.17) is 4.74 Å². The quantitative estimate of drug-likeness (QED) is 0.552. The van der Waals surface area contributed by atoms with Gasteiger partial charge >= 0.3 is 0 Å². The van der Waals surface area contributed by atoms with Crippen molar-refractivity contribution in [3.05, 3.63) is 72.0 Å². The maximum atomic E-state index is 14.1. The molecule has 0 bridgehead atoms. The molecule has 6 nitrogen and oxygen atoms in total. The second-order valence-corrected chi connectivity index (χ2v) is 8.46. The fourth-order valence-electron chi connectivity index (χ4n) is 4.29. The Hall–Kier alpha value is -3.45. The number of para-hydroxylation sites is 1. The van der Waals surface area contributed by atoms with Crippen molar-refractivity contribution in [3.8, 4) is 5.75 Å². The number of hydrogen-bond donors (Lipinski definition) is 0. The highest BCUT2D eigenvalue weighted by molar-refractivity contribution is 5.99. The molecule has 0 aromatic heterocycles. The molecule has 1 aliphatic rings. The van der Waals surface area contributed by atoms with Gasteiger partial charge in [0.05, 0.1) is 25.4 Å². The van der Waals surface area contributed by atoms with Crippen molar-refractivity contribution in [2.75, 3.05) is 39.2 Å². The fraction of sp³-hybridized carbons (Fsp3) is 0.308. The van der Waals surface area contributed by atoms with E-state index in [0.717, 1.165) is 22.1 Å². The largest absolute Gasteiger partial charge is 0.497 e. The maximum Gasteiger partial charge on any atom is 0.244 e. The Labute approximate surface area is 193 Å². The third kappa shape index (κ3) is 4.83. The summed E-state index contributed by atoms with van der Waals surface area (Å²) in [5.41, 5.74) is 1.31. The molecule has 1 fully saturated rings. The summed E-state index contributed by atoms with van der Waals surface area (Å²) < 4.78 is 19.4. The van der Waals surface area contributed by atoms with E-state index in [1.807, 2.05) is 30.3 Å². The normalized spacial score (nSPS) is 16.0. The van der Waals surface area contributed by atoms with Crippen LogP contribution in [0.5, 0.6) is 5.75 Å². The number of benzene rings is 3. The number of amides is 2. The molecule has 0 N–H and O–H groups in total. The van der Waals surface area contributed by atoms with Crippen LogP contribution >= 0.6 is 0 Å². The molecule has 33 heavy (non-hydrogen) atoms. The number of likely N-dealkylation sites (N-methyl/N-ethyl adjacent to an activating group) is 2. The number of anilines is 1. The predicted octanol–water partition coefficient (Wildman–Crippen LogP) is 3.68. The zero-order valence-corrected chi connectivity index (χ0v) is 19.1. The molecule has 3 aromatic rings. The molecule has 1 aliphatic heterocycles. The molecule has 2 amide bonds. The number of halogens is 1. The van der Waals surface area contributed by atoms with Gasteiger partial charge in [0.15, 0.2) is 0 Å². The second-order valence-electron chi connectivity index (χ2n) is 8.46. The summed E-state index contributed by atoms with van der Waals surface area (Å²) >= 11 is 0. The molecule has 1 saturated heterocycles. The van der Waals surface area contributed by atoms with Gasteiger partial charge in [0.2, 0.25) is 11.8 Å². The van der Waals surface area contributed by atoms with E-state index in [1.165, 1.54) is 11.0 Å². The molecule has 0 aliphatic carbocycles. The summed E-state index contributed by atoms with van der Waals surface area (Å²) in [6.45, 7) is 1.01. The van der Waals surface area contributed by atoms with E-state index in [1.54, 1.807) is 49.2 Å². The van der Waals surface area contributed by atoms with Gasteiger partial charge in [-0.15, -0.1) is 0 Å². The van der Waals surface area contributed by atoms with Crippen LogP contribution in [0.3, 0.4) is 0 Å². The molecule has 3 aromatic carbocycles. The molecule has 0 saturated carbocycles. The third-order valence-electron chi connectivity index (χ3n) is 6.19. The smallest absolute Gasteiger partial charge is 0.244 e. The van der Waals surface area contributed by atoms with Crippen LogP contribution in [0.4, 0.5) is 10.1 Å². The van der Waals surface area contributed by atoms with Gasteiger partial charge in [0.25, 0.3) is 0 Å². The summed E-state index contributed by atoms with van der Waals surface area (Å²) in [4.78, 5) is 30.6. The summed E-state index contributed by atoms with van der Waals surface area (Å²) in [5, 5.41) is 2.15. The van der Waals surface area contributed by atoms with E-state index >= 15 is 0 Å². The maximum absolute atomic E-state index is 14.1. The summed E-state index contributed by atoms with van der Waals surface area (Å²) in [6, 6.07) is 17.8. The van der Waals surface area contributed by atoms with Crippen LogP contribution in [0.2, 0.25) is 0 Å². The fourth-order valence-corrected chi connectivity index (χ4v) is 4.29.